The van der Waals surface area contributed by atoms with Crippen molar-refractivity contribution in [2.24, 2.45) is 17.8 Å². The van der Waals surface area contributed by atoms with E-state index in [1.54, 1.807) is 7.11 Å². The zero-order valence-electron chi connectivity index (χ0n) is 13.8. The minimum absolute atomic E-state index is 0.713. The Hall–Kier alpha value is -0.120. The van der Waals surface area contributed by atoms with Crippen LogP contribution in [-0.4, -0.2) is 40.0 Å². The Kier molecular flexibility index (Phi) is 10.3. The van der Waals surface area contributed by atoms with Gasteiger partial charge in [-0.2, -0.15) is 0 Å². The summed E-state index contributed by atoms with van der Waals surface area (Å²) in [5, 5.41) is 3.66. The second kappa shape index (κ2) is 11.5. The molecule has 0 bridgehead atoms. The molecule has 0 saturated heterocycles. The molecule has 1 N–H and O–H groups in total. The van der Waals surface area contributed by atoms with Crippen LogP contribution in [0.2, 0.25) is 0 Å². The van der Waals surface area contributed by atoms with Crippen molar-refractivity contribution in [3.8, 4) is 0 Å². The van der Waals surface area contributed by atoms with Crippen molar-refractivity contribution in [2.45, 2.75) is 52.4 Å². The van der Waals surface area contributed by atoms with Gasteiger partial charge in [0.2, 0.25) is 0 Å². The maximum Gasteiger partial charge on any atom is 0.0700 e. The summed E-state index contributed by atoms with van der Waals surface area (Å²) in [5.41, 5.74) is 0. The Bertz CT molecular complexity index is 221. The van der Waals surface area contributed by atoms with Gasteiger partial charge >= 0.3 is 0 Å². The minimum atomic E-state index is 0.713. The summed E-state index contributed by atoms with van der Waals surface area (Å²) in [5.74, 6) is 2.56. The molecule has 0 spiro atoms. The van der Waals surface area contributed by atoms with Crippen LogP contribution in [0.4, 0.5) is 0 Å². The van der Waals surface area contributed by atoms with Crippen LogP contribution in [-0.2, 0) is 9.47 Å². The smallest absolute Gasteiger partial charge is 0.0700 e. The highest BCUT2D eigenvalue weighted by molar-refractivity contribution is 4.77. The summed E-state index contributed by atoms with van der Waals surface area (Å²) in [7, 11) is 1.72. The molecule has 3 heteroatoms. The van der Waals surface area contributed by atoms with Crippen LogP contribution in [0.3, 0.4) is 0 Å². The molecule has 120 valence electrons. The van der Waals surface area contributed by atoms with Crippen LogP contribution in [0, 0.1) is 17.8 Å². The first kappa shape index (κ1) is 17.9. The Morgan fingerprint density at radius 2 is 1.80 bits per heavy atom. The molecule has 0 heterocycles. The zero-order valence-corrected chi connectivity index (χ0v) is 13.8. The maximum atomic E-state index is 5.57. The fourth-order valence-corrected chi connectivity index (χ4v) is 3.18. The highest BCUT2D eigenvalue weighted by atomic mass is 16.5. The minimum Gasteiger partial charge on any atom is -0.382 e. The van der Waals surface area contributed by atoms with Gasteiger partial charge in [-0.05, 0) is 50.1 Å². The van der Waals surface area contributed by atoms with Gasteiger partial charge in [0.25, 0.3) is 0 Å². The van der Waals surface area contributed by atoms with E-state index in [0.717, 1.165) is 37.5 Å². The van der Waals surface area contributed by atoms with Gasteiger partial charge in [0, 0.05) is 13.7 Å². The summed E-state index contributed by atoms with van der Waals surface area (Å²) in [6, 6.07) is 0. The van der Waals surface area contributed by atoms with E-state index in [9.17, 15) is 0 Å². The highest BCUT2D eigenvalue weighted by Crippen LogP contribution is 2.32. The van der Waals surface area contributed by atoms with Crippen molar-refractivity contribution < 1.29 is 9.47 Å². The number of hydrogen-bond acceptors (Lipinski definition) is 3. The standard InChI is InChI=1S/C17H35NO2/c1-15(2)13-18-14-17-8-5-4-7-16(17)9-6-10-20-12-11-19-3/h15-18H,4-14H2,1-3H3. The summed E-state index contributed by atoms with van der Waals surface area (Å²) in [6.45, 7) is 9.28. The molecule has 0 amide bonds. The number of hydrogen-bond donors (Lipinski definition) is 1. The number of methoxy groups -OCH3 is 1. The third-order valence-electron chi connectivity index (χ3n) is 4.32. The van der Waals surface area contributed by atoms with E-state index in [2.05, 4.69) is 19.2 Å². The van der Waals surface area contributed by atoms with Crippen LogP contribution >= 0.6 is 0 Å². The number of nitrogens with one attached hydrogen (secondary N) is 1. The predicted octanol–water partition coefficient (Wildman–Crippen LogP) is 3.48. The third-order valence-corrected chi connectivity index (χ3v) is 4.32. The second-order valence-corrected chi connectivity index (χ2v) is 6.60. The van der Waals surface area contributed by atoms with Gasteiger partial charge in [-0.1, -0.05) is 33.1 Å². The fraction of sp³-hybridized carbons (Fsp3) is 1.00. The molecule has 1 aliphatic carbocycles. The Balaban J connectivity index is 2.12. The lowest BCUT2D eigenvalue weighted by molar-refractivity contribution is 0.0645. The average Bonchev–Trinajstić information content (AvgIpc) is 2.44. The number of rotatable bonds is 11. The Labute approximate surface area is 125 Å². The van der Waals surface area contributed by atoms with Gasteiger partial charge in [0.15, 0.2) is 0 Å². The lowest BCUT2D eigenvalue weighted by Gasteiger charge is -2.32. The summed E-state index contributed by atoms with van der Waals surface area (Å²) in [4.78, 5) is 0. The van der Waals surface area contributed by atoms with E-state index in [0.29, 0.717) is 6.61 Å². The summed E-state index contributed by atoms with van der Waals surface area (Å²) < 4.78 is 10.6. The molecular formula is C17H35NO2. The van der Waals surface area contributed by atoms with Crippen LogP contribution in [0.1, 0.15) is 52.4 Å². The first-order valence-electron chi connectivity index (χ1n) is 8.51. The molecule has 0 aromatic carbocycles. The Morgan fingerprint density at radius 1 is 1.05 bits per heavy atom. The molecule has 0 aromatic rings. The van der Waals surface area contributed by atoms with E-state index >= 15 is 0 Å². The first-order valence-corrected chi connectivity index (χ1v) is 8.51. The van der Waals surface area contributed by atoms with Crippen molar-refractivity contribution in [1.29, 1.82) is 0 Å². The van der Waals surface area contributed by atoms with Crippen LogP contribution in [0.5, 0.6) is 0 Å². The van der Waals surface area contributed by atoms with E-state index in [4.69, 9.17) is 9.47 Å². The lowest BCUT2D eigenvalue weighted by Crippen LogP contribution is -2.32. The van der Waals surface area contributed by atoms with Crippen LogP contribution < -0.4 is 5.32 Å². The predicted molar refractivity (Wildman–Crippen MR) is 85.1 cm³/mol. The van der Waals surface area contributed by atoms with E-state index in [1.165, 1.54) is 45.1 Å². The van der Waals surface area contributed by atoms with Gasteiger partial charge < -0.3 is 14.8 Å². The lowest BCUT2D eigenvalue weighted by atomic mass is 9.77. The largest absolute Gasteiger partial charge is 0.382 e. The monoisotopic (exact) mass is 285 g/mol. The van der Waals surface area contributed by atoms with Gasteiger partial charge in [-0.25, -0.2) is 0 Å². The Morgan fingerprint density at radius 3 is 2.50 bits per heavy atom. The van der Waals surface area contributed by atoms with E-state index in [-0.39, 0.29) is 0 Å². The molecule has 20 heavy (non-hydrogen) atoms. The molecule has 1 rings (SSSR count). The molecular weight excluding hydrogens is 250 g/mol. The quantitative estimate of drug-likeness (QED) is 0.590. The van der Waals surface area contributed by atoms with Gasteiger partial charge in [0.05, 0.1) is 13.2 Å². The normalized spacial score (nSPS) is 23.4. The topological polar surface area (TPSA) is 30.5 Å². The van der Waals surface area contributed by atoms with Crippen molar-refractivity contribution in [3.63, 3.8) is 0 Å². The molecule has 2 unspecified atom stereocenters. The SMILES string of the molecule is COCCOCCCC1CCCCC1CNCC(C)C. The van der Waals surface area contributed by atoms with Crippen molar-refractivity contribution in [2.75, 3.05) is 40.0 Å². The second-order valence-electron chi connectivity index (χ2n) is 6.60. The molecule has 0 aromatic heterocycles. The van der Waals surface area contributed by atoms with Gasteiger partial charge in [-0.3, -0.25) is 0 Å². The van der Waals surface area contributed by atoms with Gasteiger partial charge in [-0.15, -0.1) is 0 Å². The van der Waals surface area contributed by atoms with Gasteiger partial charge in [0.1, 0.15) is 0 Å². The van der Waals surface area contributed by atoms with E-state index < -0.39 is 0 Å². The number of ether oxygens (including phenoxy) is 2. The molecule has 1 fully saturated rings. The zero-order chi connectivity index (χ0) is 14.6. The molecule has 1 aliphatic rings. The molecule has 0 aliphatic heterocycles. The van der Waals surface area contributed by atoms with Crippen molar-refractivity contribution >= 4 is 0 Å². The molecule has 0 radical (unpaired) electrons. The molecule has 3 nitrogen and oxygen atoms in total. The fourth-order valence-electron chi connectivity index (χ4n) is 3.18. The highest BCUT2D eigenvalue weighted by Gasteiger charge is 2.24. The summed E-state index contributed by atoms with van der Waals surface area (Å²) >= 11 is 0. The van der Waals surface area contributed by atoms with Crippen molar-refractivity contribution in [1.82, 2.24) is 5.32 Å². The average molecular weight is 285 g/mol. The van der Waals surface area contributed by atoms with E-state index in [1.807, 2.05) is 0 Å². The summed E-state index contributed by atoms with van der Waals surface area (Å²) in [6.07, 6.45) is 8.23. The van der Waals surface area contributed by atoms with Crippen molar-refractivity contribution in [3.05, 3.63) is 0 Å². The van der Waals surface area contributed by atoms with Crippen LogP contribution in [0.15, 0.2) is 0 Å². The molecule has 2 atom stereocenters. The third kappa shape index (κ3) is 8.23. The maximum absolute atomic E-state index is 5.57. The first-order chi connectivity index (χ1) is 9.74. The molecule has 1 saturated carbocycles. The van der Waals surface area contributed by atoms with Crippen LogP contribution in [0.25, 0.3) is 0 Å².